The molecule has 0 spiro atoms. The Kier molecular flexibility index (Phi) is 6.66. The SMILES string of the molecule is CO/N=C1\C=C2CC[C@@H]3[C@H](/C(=N\OC)C[C@@]4(C)[C@H]3CC[C@]4(O)C(=O)CO[Si](C)(C)C)[C@@]2(C)CC1. The number of aliphatic hydroxyl groups is 1. The smallest absolute Gasteiger partial charge is 0.189 e. The topological polar surface area (TPSA) is 89.7 Å². The molecule has 0 unspecified atom stereocenters. The van der Waals surface area contributed by atoms with Gasteiger partial charge >= 0.3 is 0 Å². The fraction of sp³-hybridized carbons (Fsp3) is 0.808. The zero-order chi connectivity index (χ0) is 24.9. The van der Waals surface area contributed by atoms with E-state index in [1.807, 2.05) is 0 Å². The monoisotopic (exact) mass is 490 g/mol. The van der Waals surface area contributed by atoms with Crippen molar-refractivity contribution in [2.24, 2.45) is 38.9 Å². The summed E-state index contributed by atoms with van der Waals surface area (Å²) in [5, 5.41) is 20.7. The largest absolute Gasteiger partial charge is 0.410 e. The van der Waals surface area contributed by atoms with E-state index < -0.39 is 19.3 Å². The summed E-state index contributed by atoms with van der Waals surface area (Å²) in [6.07, 6.45) is 8.03. The van der Waals surface area contributed by atoms with Gasteiger partial charge in [0, 0.05) is 11.3 Å². The van der Waals surface area contributed by atoms with Crippen LogP contribution in [0, 0.1) is 28.6 Å². The molecule has 4 aliphatic rings. The van der Waals surface area contributed by atoms with Crippen molar-refractivity contribution in [2.75, 3.05) is 20.8 Å². The minimum Gasteiger partial charge on any atom is -0.410 e. The molecular formula is C26H42N2O5Si. The number of nitrogens with zero attached hydrogens (tertiary/aromatic N) is 2. The molecule has 190 valence electrons. The number of hydrogen-bond donors (Lipinski definition) is 1. The lowest BCUT2D eigenvalue weighted by atomic mass is 9.45. The zero-order valence-electron chi connectivity index (χ0n) is 21.9. The van der Waals surface area contributed by atoms with Crippen molar-refractivity contribution < 1.29 is 24.0 Å². The van der Waals surface area contributed by atoms with Gasteiger partial charge in [-0.15, -0.1) is 0 Å². The van der Waals surface area contributed by atoms with Crippen LogP contribution < -0.4 is 0 Å². The summed E-state index contributed by atoms with van der Waals surface area (Å²) >= 11 is 0. The van der Waals surface area contributed by atoms with Gasteiger partial charge in [-0.25, -0.2) is 0 Å². The molecule has 0 amide bonds. The number of fused-ring (bicyclic) bond motifs is 5. The summed E-state index contributed by atoms with van der Waals surface area (Å²) < 4.78 is 5.94. The van der Waals surface area contributed by atoms with Crippen molar-refractivity contribution in [3.8, 4) is 0 Å². The van der Waals surface area contributed by atoms with E-state index in [9.17, 15) is 9.90 Å². The number of ketones is 1. The van der Waals surface area contributed by atoms with E-state index in [2.05, 4.69) is 49.9 Å². The molecule has 0 aromatic carbocycles. The van der Waals surface area contributed by atoms with E-state index in [0.29, 0.717) is 18.8 Å². The molecule has 0 bridgehead atoms. The van der Waals surface area contributed by atoms with Crippen molar-refractivity contribution in [3.63, 3.8) is 0 Å². The van der Waals surface area contributed by atoms with Gasteiger partial charge in [-0.2, -0.15) is 0 Å². The molecular weight excluding hydrogens is 448 g/mol. The summed E-state index contributed by atoms with van der Waals surface area (Å²) in [5.74, 6) is 0.693. The molecule has 1 N–H and O–H groups in total. The Bertz CT molecular complexity index is 925. The lowest BCUT2D eigenvalue weighted by Gasteiger charge is -2.58. The molecule has 4 aliphatic carbocycles. The number of oxime groups is 2. The lowest BCUT2D eigenvalue weighted by Crippen LogP contribution is -2.61. The Morgan fingerprint density at radius 1 is 1.12 bits per heavy atom. The van der Waals surface area contributed by atoms with Gasteiger partial charge in [0.15, 0.2) is 14.1 Å². The Balaban J connectivity index is 1.70. The molecule has 7 nitrogen and oxygen atoms in total. The summed E-state index contributed by atoms with van der Waals surface area (Å²) in [7, 11) is 1.32. The maximum absolute atomic E-state index is 13.4. The molecule has 0 radical (unpaired) electrons. The Morgan fingerprint density at radius 2 is 1.82 bits per heavy atom. The van der Waals surface area contributed by atoms with E-state index in [1.54, 1.807) is 14.2 Å². The van der Waals surface area contributed by atoms with Gasteiger partial charge in [-0.1, -0.05) is 29.7 Å². The third-order valence-electron chi connectivity index (χ3n) is 9.36. The summed E-state index contributed by atoms with van der Waals surface area (Å²) in [5.41, 5.74) is 1.42. The van der Waals surface area contributed by atoms with Crippen LogP contribution in [0.25, 0.3) is 0 Å². The van der Waals surface area contributed by atoms with Crippen LogP contribution in [0.4, 0.5) is 0 Å². The van der Waals surface area contributed by atoms with Crippen LogP contribution in [0.1, 0.15) is 58.8 Å². The average molecular weight is 491 g/mol. The van der Waals surface area contributed by atoms with Gasteiger partial charge in [0.2, 0.25) is 0 Å². The van der Waals surface area contributed by atoms with E-state index in [0.717, 1.165) is 43.5 Å². The van der Waals surface area contributed by atoms with Gasteiger partial charge in [-0.3, -0.25) is 4.79 Å². The second kappa shape index (κ2) is 8.86. The molecule has 0 aliphatic heterocycles. The molecule has 34 heavy (non-hydrogen) atoms. The van der Waals surface area contributed by atoms with Gasteiger partial charge in [-0.05, 0) is 87.9 Å². The predicted octanol–water partition coefficient (Wildman–Crippen LogP) is 4.72. The number of hydrogen-bond acceptors (Lipinski definition) is 7. The highest BCUT2D eigenvalue weighted by atomic mass is 28.4. The molecule has 0 saturated heterocycles. The van der Waals surface area contributed by atoms with Crippen molar-refractivity contribution in [1.82, 2.24) is 0 Å². The number of rotatable bonds is 6. The van der Waals surface area contributed by atoms with Crippen molar-refractivity contribution in [1.29, 1.82) is 0 Å². The van der Waals surface area contributed by atoms with Gasteiger partial charge < -0.3 is 19.2 Å². The van der Waals surface area contributed by atoms with E-state index in [4.69, 9.17) is 14.1 Å². The van der Waals surface area contributed by atoms with Crippen molar-refractivity contribution >= 4 is 25.5 Å². The summed E-state index contributed by atoms with van der Waals surface area (Å²) in [4.78, 5) is 23.8. The second-order valence-corrected chi connectivity index (χ2v) is 16.7. The Labute approximate surface area is 205 Å². The van der Waals surface area contributed by atoms with Crippen LogP contribution in [0.15, 0.2) is 22.0 Å². The maximum Gasteiger partial charge on any atom is 0.189 e. The minimum absolute atomic E-state index is 0.00834. The summed E-state index contributed by atoms with van der Waals surface area (Å²) in [6.45, 7) is 10.7. The first-order valence-electron chi connectivity index (χ1n) is 12.7. The van der Waals surface area contributed by atoms with E-state index in [-0.39, 0.29) is 29.6 Å². The molecule has 0 aromatic rings. The maximum atomic E-state index is 13.4. The van der Waals surface area contributed by atoms with E-state index >= 15 is 0 Å². The summed E-state index contributed by atoms with van der Waals surface area (Å²) in [6, 6.07) is 0. The third-order valence-corrected chi connectivity index (χ3v) is 10.4. The quantitative estimate of drug-likeness (QED) is 0.430. The van der Waals surface area contributed by atoms with Crippen LogP contribution in [0.3, 0.4) is 0 Å². The normalized spacial score (nSPS) is 42.0. The minimum atomic E-state index is -1.87. The molecule has 8 heteroatoms. The number of allylic oxidation sites excluding steroid dienone is 2. The van der Waals surface area contributed by atoms with Crippen LogP contribution in [0.5, 0.6) is 0 Å². The highest BCUT2D eigenvalue weighted by Crippen LogP contribution is 2.67. The molecule has 3 fully saturated rings. The first-order chi connectivity index (χ1) is 15.9. The Hall–Kier alpha value is -1.51. The van der Waals surface area contributed by atoms with E-state index in [1.165, 1.54) is 5.57 Å². The number of carbonyl (C=O) groups excluding carboxylic acids is 1. The first kappa shape index (κ1) is 25.6. The third kappa shape index (κ3) is 3.99. The van der Waals surface area contributed by atoms with Gasteiger partial charge in [0.05, 0.1) is 18.0 Å². The highest BCUT2D eigenvalue weighted by Gasteiger charge is 2.68. The highest BCUT2D eigenvalue weighted by molar-refractivity contribution is 6.69. The van der Waals surface area contributed by atoms with Gasteiger partial charge in [0.1, 0.15) is 19.8 Å². The molecule has 3 saturated carbocycles. The van der Waals surface area contributed by atoms with Crippen LogP contribution in [0.2, 0.25) is 19.6 Å². The van der Waals surface area contributed by atoms with Crippen molar-refractivity contribution in [3.05, 3.63) is 11.6 Å². The standard InChI is InChI=1S/C26H42N2O5Si/c1-24-12-10-18(27-31-3)14-17(24)8-9-19-20-11-13-26(30,22(29)16-33-34(5,6)7)25(20,2)15-21(23(19)24)28-32-4/h14,19-20,23,30H,8-13,15-16H2,1-7H3/b27-18-,28-21-/t19-,20-,23+,24-,25-,26-/m0/s1. The van der Waals surface area contributed by atoms with Crippen LogP contribution >= 0.6 is 0 Å². The molecule has 0 heterocycles. The van der Waals surface area contributed by atoms with Crippen molar-refractivity contribution in [2.45, 2.75) is 84.0 Å². The molecule has 0 aromatic heterocycles. The first-order valence-corrected chi connectivity index (χ1v) is 16.1. The van der Waals surface area contributed by atoms with Crippen LogP contribution in [-0.4, -0.2) is 57.1 Å². The fourth-order valence-corrected chi connectivity index (χ4v) is 8.25. The van der Waals surface area contributed by atoms with Crippen LogP contribution in [-0.2, 0) is 18.9 Å². The Morgan fingerprint density at radius 3 is 2.47 bits per heavy atom. The lowest BCUT2D eigenvalue weighted by molar-refractivity contribution is -0.156. The fourth-order valence-electron chi connectivity index (χ4n) is 7.69. The zero-order valence-corrected chi connectivity index (χ0v) is 22.9. The second-order valence-electron chi connectivity index (χ2n) is 12.2. The number of carbonyl (C=O) groups is 1. The number of Topliss-reactive ketones (excluding diaryl/α,β-unsaturated/α-hetero) is 1. The predicted molar refractivity (Wildman–Crippen MR) is 135 cm³/mol. The average Bonchev–Trinajstić information content (AvgIpc) is 3.03. The van der Waals surface area contributed by atoms with Gasteiger partial charge in [0.25, 0.3) is 0 Å². The molecule has 6 atom stereocenters. The molecule has 4 rings (SSSR count).